The van der Waals surface area contributed by atoms with Gasteiger partial charge in [-0.3, -0.25) is 0 Å². The Morgan fingerprint density at radius 1 is 1.27 bits per heavy atom. The van der Waals surface area contributed by atoms with Crippen molar-refractivity contribution in [1.29, 1.82) is 0 Å². The summed E-state index contributed by atoms with van der Waals surface area (Å²) in [4.78, 5) is 0. The van der Waals surface area contributed by atoms with Crippen molar-refractivity contribution in [2.24, 2.45) is 0 Å². The van der Waals surface area contributed by atoms with Gasteiger partial charge in [-0.05, 0) is 6.42 Å². The molecule has 1 radical (unpaired) electrons. The molecule has 3 heteroatoms. The Bertz CT molecular complexity index is 75.7. The van der Waals surface area contributed by atoms with E-state index < -0.39 is 0 Å². The third-order valence-electron chi connectivity index (χ3n) is 1.28. The second-order valence-electron chi connectivity index (χ2n) is 2.24. The number of ether oxygens (including phenoxy) is 3. The summed E-state index contributed by atoms with van der Waals surface area (Å²) in [6, 6.07) is 0. The lowest BCUT2D eigenvalue weighted by molar-refractivity contribution is -0.0294. The monoisotopic (exact) mass is 161 g/mol. The van der Waals surface area contributed by atoms with Crippen molar-refractivity contribution in [3.05, 3.63) is 6.92 Å². The SMILES string of the molecule is [CH2]CCOCC(COC)OC. The van der Waals surface area contributed by atoms with E-state index in [1.807, 2.05) is 0 Å². The maximum atomic E-state index is 5.22. The average molecular weight is 161 g/mol. The normalized spacial score (nSPS) is 13.4. The lowest BCUT2D eigenvalue weighted by atomic mass is 10.4. The fourth-order valence-electron chi connectivity index (χ4n) is 0.687. The molecule has 1 unspecified atom stereocenters. The van der Waals surface area contributed by atoms with Crippen LogP contribution in [-0.4, -0.2) is 40.1 Å². The summed E-state index contributed by atoms with van der Waals surface area (Å²) in [6.45, 7) is 5.50. The van der Waals surface area contributed by atoms with Gasteiger partial charge in [-0.25, -0.2) is 0 Å². The van der Waals surface area contributed by atoms with Crippen LogP contribution in [0.1, 0.15) is 6.42 Å². The predicted octanol–water partition coefficient (Wildman–Crippen LogP) is 0.889. The van der Waals surface area contributed by atoms with Gasteiger partial charge in [0.15, 0.2) is 0 Å². The molecule has 0 saturated heterocycles. The molecule has 11 heavy (non-hydrogen) atoms. The minimum atomic E-state index is 0.0477. The Labute approximate surface area is 68.6 Å². The lowest BCUT2D eigenvalue weighted by Crippen LogP contribution is -2.23. The average Bonchev–Trinajstić information content (AvgIpc) is 2.03. The first kappa shape index (κ1) is 10.9. The molecule has 3 nitrogen and oxygen atoms in total. The molecule has 0 bridgehead atoms. The molecule has 0 aromatic rings. The first-order valence-electron chi connectivity index (χ1n) is 3.73. The van der Waals surface area contributed by atoms with Crippen molar-refractivity contribution in [1.82, 2.24) is 0 Å². The summed E-state index contributed by atoms with van der Waals surface area (Å²) in [7, 11) is 3.30. The van der Waals surface area contributed by atoms with Gasteiger partial charge in [0.25, 0.3) is 0 Å². The van der Waals surface area contributed by atoms with Crippen molar-refractivity contribution in [3.8, 4) is 0 Å². The number of hydrogen-bond acceptors (Lipinski definition) is 3. The van der Waals surface area contributed by atoms with Crippen molar-refractivity contribution < 1.29 is 14.2 Å². The molecule has 0 rings (SSSR count). The fourth-order valence-corrected chi connectivity index (χ4v) is 0.687. The largest absolute Gasteiger partial charge is 0.382 e. The van der Waals surface area contributed by atoms with E-state index in [0.717, 1.165) is 6.42 Å². The standard InChI is InChI=1S/C8H17O3/c1-4-5-11-7-8(10-3)6-9-2/h8H,1,4-7H2,2-3H3. The fraction of sp³-hybridized carbons (Fsp3) is 0.875. The molecule has 0 aliphatic heterocycles. The zero-order chi connectivity index (χ0) is 8.53. The minimum Gasteiger partial charge on any atom is -0.382 e. The third-order valence-corrected chi connectivity index (χ3v) is 1.28. The Morgan fingerprint density at radius 3 is 2.45 bits per heavy atom. The molecule has 0 aromatic heterocycles. The Kier molecular flexibility index (Phi) is 7.89. The number of rotatable bonds is 7. The van der Waals surface area contributed by atoms with Gasteiger partial charge in [-0.15, -0.1) is 0 Å². The van der Waals surface area contributed by atoms with Gasteiger partial charge in [0.05, 0.1) is 13.2 Å². The molecule has 1 atom stereocenters. The second kappa shape index (κ2) is 7.98. The zero-order valence-electron chi connectivity index (χ0n) is 7.34. The van der Waals surface area contributed by atoms with Crippen LogP contribution in [0.3, 0.4) is 0 Å². The molecule has 0 aromatic carbocycles. The van der Waals surface area contributed by atoms with Gasteiger partial charge in [-0.2, -0.15) is 0 Å². The molecule has 0 fully saturated rings. The van der Waals surface area contributed by atoms with Crippen molar-refractivity contribution >= 4 is 0 Å². The van der Waals surface area contributed by atoms with E-state index in [9.17, 15) is 0 Å². The van der Waals surface area contributed by atoms with Crippen LogP contribution in [0.15, 0.2) is 0 Å². The first-order chi connectivity index (χ1) is 5.35. The molecule has 67 valence electrons. The Hall–Kier alpha value is -0.120. The summed E-state index contributed by atoms with van der Waals surface area (Å²) in [5.74, 6) is 0. The molecule has 0 spiro atoms. The molecule has 0 N–H and O–H groups in total. The molecule has 0 aliphatic rings. The van der Waals surface area contributed by atoms with Crippen LogP contribution in [0.5, 0.6) is 0 Å². The maximum Gasteiger partial charge on any atom is 0.104 e. The van der Waals surface area contributed by atoms with E-state index >= 15 is 0 Å². The summed E-state index contributed by atoms with van der Waals surface area (Å²) in [6.07, 6.45) is 0.843. The van der Waals surface area contributed by atoms with E-state index in [1.54, 1.807) is 14.2 Å². The molecule has 0 amide bonds. The van der Waals surface area contributed by atoms with Crippen LogP contribution >= 0.6 is 0 Å². The van der Waals surface area contributed by atoms with Gasteiger partial charge in [-0.1, -0.05) is 6.92 Å². The molecular formula is C8H17O3. The zero-order valence-corrected chi connectivity index (χ0v) is 7.34. The highest BCUT2D eigenvalue weighted by Crippen LogP contribution is 1.92. The summed E-state index contributed by atoms with van der Waals surface area (Å²) < 4.78 is 15.2. The second-order valence-corrected chi connectivity index (χ2v) is 2.24. The van der Waals surface area contributed by atoms with Crippen LogP contribution in [0.2, 0.25) is 0 Å². The topological polar surface area (TPSA) is 27.7 Å². The van der Waals surface area contributed by atoms with Crippen molar-refractivity contribution in [2.45, 2.75) is 12.5 Å². The van der Waals surface area contributed by atoms with E-state index in [2.05, 4.69) is 6.92 Å². The highest BCUT2D eigenvalue weighted by Gasteiger charge is 2.05. The summed E-state index contributed by atoms with van der Waals surface area (Å²) in [5.41, 5.74) is 0. The Morgan fingerprint density at radius 2 is 2.00 bits per heavy atom. The van der Waals surface area contributed by atoms with E-state index in [0.29, 0.717) is 19.8 Å². The third kappa shape index (κ3) is 6.28. The minimum absolute atomic E-state index is 0.0477. The highest BCUT2D eigenvalue weighted by molar-refractivity contribution is 4.53. The molecule has 0 heterocycles. The smallest absolute Gasteiger partial charge is 0.104 e. The van der Waals surface area contributed by atoms with Gasteiger partial charge >= 0.3 is 0 Å². The van der Waals surface area contributed by atoms with Crippen molar-refractivity contribution in [3.63, 3.8) is 0 Å². The van der Waals surface area contributed by atoms with Crippen LogP contribution in [0.25, 0.3) is 0 Å². The molecular weight excluding hydrogens is 144 g/mol. The van der Waals surface area contributed by atoms with Crippen LogP contribution in [0, 0.1) is 6.92 Å². The number of hydrogen-bond donors (Lipinski definition) is 0. The van der Waals surface area contributed by atoms with Gasteiger partial charge in [0, 0.05) is 20.8 Å². The Balaban J connectivity index is 3.20. The quantitative estimate of drug-likeness (QED) is 0.519. The van der Waals surface area contributed by atoms with E-state index in [1.165, 1.54) is 0 Å². The summed E-state index contributed by atoms with van der Waals surface area (Å²) >= 11 is 0. The van der Waals surface area contributed by atoms with E-state index in [-0.39, 0.29) is 6.10 Å². The van der Waals surface area contributed by atoms with Gasteiger partial charge in [0.1, 0.15) is 6.10 Å². The summed E-state index contributed by atoms with van der Waals surface area (Å²) in [5, 5.41) is 0. The van der Waals surface area contributed by atoms with Crippen LogP contribution in [0.4, 0.5) is 0 Å². The maximum absolute atomic E-state index is 5.22. The van der Waals surface area contributed by atoms with Crippen LogP contribution < -0.4 is 0 Å². The van der Waals surface area contributed by atoms with Gasteiger partial charge in [0.2, 0.25) is 0 Å². The van der Waals surface area contributed by atoms with Gasteiger partial charge < -0.3 is 14.2 Å². The first-order valence-corrected chi connectivity index (χ1v) is 3.73. The predicted molar refractivity (Wildman–Crippen MR) is 43.5 cm³/mol. The lowest BCUT2D eigenvalue weighted by Gasteiger charge is -2.13. The van der Waals surface area contributed by atoms with E-state index in [4.69, 9.17) is 14.2 Å². The molecule has 0 aliphatic carbocycles. The molecule has 0 saturated carbocycles. The highest BCUT2D eigenvalue weighted by atomic mass is 16.5. The van der Waals surface area contributed by atoms with Crippen molar-refractivity contribution in [2.75, 3.05) is 34.0 Å². The van der Waals surface area contributed by atoms with Crippen LogP contribution in [-0.2, 0) is 14.2 Å². The number of methoxy groups -OCH3 is 2.